The fraction of sp³-hybridized carbons (Fsp3) is 0.882. The van der Waals surface area contributed by atoms with Gasteiger partial charge in [0.25, 0.3) is 0 Å². The van der Waals surface area contributed by atoms with Gasteiger partial charge < -0.3 is 10.2 Å². The summed E-state index contributed by atoms with van der Waals surface area (Å²) >= 11 is 0. The first kappa shape index (κ1) is 16.3. The second kappa shape index (κ2) is 6.37. The molecular formula is C17H30N2O2. The van der Waals surface area contributed by atoms with E-state index >= 15 is 0 Å². The zero-order valence-corrected chi connectivity index (χ0v) is 13.9. The first-order chi connectivity index (χ1) is 9.78. The van der Waals surface area contributed by atoms with Crippen LogP contribution in [0.1, 0.15) is 66.2 Å². The Kier molecular flexibility index (Phi) is 4.95. The van der Waals surface area contributed by atoms with E-state index in [1.54, 1.807) is 0 Å². The Labute approximate surface area is 128 Å². The van der Waals surface area contributed by atoms with Crippen molar-refractivity contribution >= 4 is 11.8 Å². The van der Waals surface area contributed by atoms with Gasteiger partial charge in [0.1, 0.15) is 6.04 Å². The summed E-state index contributed by atoms with van der Waals surface area (Å²) in [6.45, 7) is 9.39. The number of carbonyl (C=O) groups is 2. The molecule has 1 saturated heterocycles. The topological polar surface area (TPSA) is 49.4 Å². The van der Waals surface area contributed by atoms with Gasteiger partial charge in [-0.3, -0.25) is 9.59 Å². The van der Waals surface area contributed by atoms with Gasteiger partial charge in [-0.05, 0) is 43.4 Å². The summed E-state index contributed by atoms with van der Waals surface area (Å²) in [7, 11) is 0. The quantitative estimate of drug-likeness (QED) is 0.870. The van der Waals surface area contributed by atoms with Crippen LogP contribution in [0.3, 0.4) is 0 Å². The van der Waals surface area contributed by atoms with E-state index in [1.807, 2.05) is 4.90 Å². The van der Waals surface area contributed by atoms with Crippen LogP contribution < -0.4 is 5.32 Å². The van der Waals surface area contributed by atoms with Crippen molar-refractivity contribution < 1.29 is 9.59 Å². The van der Waals surface area contributed by atoms with Crippen molar-refractivity contribution in [3.8, 4) is 0 Å². The van der Waals surface area contributed by atoms with Gasteiger partial charge in [0.05, 0.1) is 0 Å². The molecule has 0 aromatic carbocycles. The van der Waals surface area contributed by atoms with Crippen LogP contribution in [0.4, 0.5) is 0 Å². The third kappa shape index (κ3) is 4.21. The van der Waals surface area contributed by atoms with Crippen molar-refractivity contribution in [1.29, 1.82) is 0 Å². The molecule has 1 N–H and O–H groups in total. The average molecular weight is 294 g/mol. The van der Waals surface area contributed by atoms with Crippen LogP contribution in [0.15, 0.2) is 0 Å². The van der Waals surface area contributed by atoms with E-state index < -0.39 is 0 Å². The first-order valence-electron chi connectivity index (χ1n) is 8.38. The first-order valence-corrected chi connectivity index (χ1v) is 8.38. The lowest BCUT2D eigenvalue weighted by Crippen LogP contribution is -2.50. The van der Waals surface area contributed by atoms with Gasteiger partial charge in [0.2, 0.25) is 11.8 Å². The zero-order valence-electron chi connectivity index (χ0n) is 13.9. The minimum Gasteiger partial charge on any atom is -0.344 e. The van der Waals surface area contributed by atoms with Crippen LogP contribution in [0, 0.1) is 11.3 Å². The van der Waals surface area contributed by atoms with E-state index in [0.717, 1.165) is 32.1 Å². The van der Waals surface area contributed by atoms with Crippen molar-refractivity contribution in [3.05, 3.63) is 0 Å². The molecule has 4 heteroatoms. The molecule has 4 nitrogen and oxygen atoms in total. The van der Waals surface area contributed by atoms with Crippen molar-refractivity contribution in [2.45, 2.75) is 78.3 Å². The SMILES string of the molecule is CC(C)CC1NC(=O)CCN(C2CCC(C)(C)CC2)C1=O. The van der Waals surface area contributed by atoms with Crippen LogP contribution >= 0.6 is 0 Å². The lowest BCUT2D eigenvalue weighted by atomic mass is 9.75. The van der Waals surface area contributed by atoms with Crippen LogP contribution in [0.2, 0.25) is 0 Å². The molecule has 2 fully saturated rings. The molecule has 1 atom stereocenters. The highest BCUT2D eigenvalue weighted by Gasteiger charge is 2.37. The van der Waals surface area contributed by atoms with E-state index in [0.29, 0.717) is 30.3 Å². The Morgan fingerprint density at radius 2 is 1.86 bits per heavy atom. The molecule has 1 aliphatic carbocycles. The standard InChI is InChI=1S/C17H30N2O2/c1-12(2)11-14-16(21)19(10-7-15(20)18-14)13-5-8-17(3,4)9-6-13/h12-14H,5-11H2,1-4H3,(H,18,20). The molecule has 0 aromatic heterocycles. The summed E-state index contributed by atoms with van der Waals surface area (Å²) in [5, 5.41) is 2.92. The highest BCUT2D eigenvalue weighted by atomic mass is 16.2. The summed E-state index contributed by atoms with van der Waals surface area (Å²) in [4.78, 5) is 26.7. The molecule has 1 saturated carbocycles. The van der Waals surface area contributed by atoms with E-state index in [-0.39, 0.29) is 17.9 Å². The van der Waals surface area contributed by atoms with Crippen LogP contribution in [-0.4, -0.2) is 35.3 Å². The summed E-state index contributed by atoms with van der Waals surface area (Å²) in [6.07, 6.45) is 5.65. The zero-order chi connectivity index (χ0) is 15.6. The van der Waals surface area contributed by atoms with Crippen molar-refractivity contribution in [1.82, 2.24) is 10.2 Å². The maximum absolute atomic E-state index is 12.8. The normalized spacial score (nSPS) is 27.7. The molecule has 2 rings (SSSR count). The number of amides is 2. The Morgan fingerprint density at radius 1 is 1.24 bits per heavy atom. The summed E-state index contributed by atoms with van der Waals surface area (Å²) in [5.74, 6) is 0.566. The number of hydrogen-bond donors (Lipinski definition) is 1. The Hall–Kier alpha value is -1.06. The van der Waals surface area contributed by atoms with Gasteiger partial charge in [-0.1, -0.05) is 27.7 Å². The molecule has 0 spiro atoms. The van der Waals surface area contributed by atoms with Gasteiger partial charge in [0.15, 0.2) is 0 Å². The number of nitrogens with one attached hydrogen (secondary N) is 1. The molecule has 1 heterocycles. The van der Waals surface area contributed by atoms with E-state index in [9.17, 15) is 9.59 Å². The second-order valence-corrected chi connectivity index (χ2v) is 7.93. The highest BCUT2D eigenvalue weighted by molar-refractivity contribution is 5.90. The molecular weight excluding hydrogens is 264 g/mol. The Morgan fingerprint density at radius 3 is 2.43 bits per heavy atom. The third-order valence-electron chi connectivity index (χ3n) is 4.95. The third-order valence-corrected chi connectivity index (χ3v) is 4.95. The van der Waals surface area contributed by atoms with Gasteiger partial charge >= 0.3 is 0 Å². The minimum absolute atomic E-state index is 0.0210. The molecule has 1 unspecified atom stereocenters. The maximum atomic E-state index is 12.8. The van der Waals surface area contributed by atoms with Gasteiger partial charge in [-0.15, -0.1) is 0 Å². The van der Waals surface area contributed by atoms with E-state index in [4.69, 9.17) is 0 Å². The summed E-state index contributed by atoms with van der Waals surface area (Å²) < 4.78 is 0. The largest absolute Gasteiger partial charge is 0.344 e. The predicted molar refractivity (Wildman–Crippen MR) is 83.8 cm³/mol. The van der Waals surface area contributed by atoms with Crippen LogP contribution in [0.25, 0.3) is 0 Å². The molecule has 1 aliphatic heterocycles. The molecule has 0 bridgehead atoms. The number of carbonyl (C=O) groups excluding carboxylic acids is 2. The Bertz CT molecular complexity index is 394. The smallest absolute Gasteiger partial charge is 0.245 e. The number of hydrogen-bond acceptors (Lipinski definition) is 2. The fourth-order valence-electron chi connectivity index (χ4n) is 3.55. The van der Waals surface area contributed by atoms with E-state index in [1.165, 1.54) is 0 Å². The van der Waals surface area contributed by atoms with E-state index in [2.05, 4.69) is 33.0 Å². The molecule has 2 amide bonds. The number of nitrogens with zero attached hydrogens (tertiary/aromatic N) is 1. The summed E-state index contributed by atoms with van der Waals surface area (Å²) in [6, 6.07) is 0.00261. The number of rotatable bonds is 3. The van der Waals surface area contributed by atoms with Gasteiger partial charge in [0, 0.05) is 19.0 Å². The highest BCUT2D eigenvalue weighted by Crippen LogP contribution is 2.37. The summed E-state index contributed by atoms with van der Waals surface area (Å²) in [5.41, 5.74) is 0.400. The Balaban J connectivity index is 2.07. The van der Waals surface area contributed by atoms with Crippen LogP contribution in [0.5, 0.6) is 0 Å². The molecule has 21 heavy (non-hydrogen) atoms. The van der Waals surface area contributed by atoms with Crippen molar-refractivity contribution in [2.24, 2.45) is 11.3 Å². The molecule has 0 radical (unpaired) electrons. The molecule has 120 valence electrons. The van der Waals surface area contributed by atoms with Gasteiger partial charge in [-0.2, -0.15) is 0 Å². The predicted octanol–water partition coefficient (Wildman–Crippen LogP) is 2.72. The second-order valence-electron chi connectivity index (χ2n) is 7.93. The van der Waals surface area contributed by atoms with Crippen LogP contribution in [-0.2, 0) is 9.59 Å². The van der Waals surface area contributed by atoms with Crippen molar-refractivity contribution in [3.63, 3.8) is 0 Å². The maximum Gasteiger partial charge on any atom is 0.245 e. The minimum atomic E-state index is -0.324. The fourth-order valence-corrected chi connectivity index (χ4v) is 3.55. The lowest BCUT2D eigenvalue weighted by Gasteiger charge is -2.40. The van der Waals surface area contributed by atoms with Gasteiger partial charge in [-0.25, -0.2) is 0 Å². The lowest BCUT2D eigenvalue weighted by molar-refractivity contribution is -0.137. The molecule has 2 aliphatic rings. The van der Waals surface area contributed by atoms with Crippen molar-refractivity contribution in [2.75, 3.05) is 6.54 Å². The average Bonchev–Trinajstić information content (AvgIpc) is 2.50. The monoisotopic (exact) mass is 294 g/mol. The molecule has 0 aromatic rings.